The highest BCUT2D eigenvalue weighted by atomic mass is 35.5. The molecule has 0 atom stereocenters. The Bertz CT molecular complexity index is 807. The number of ether oxygens (including phenoxy) is 2. The number of methoxy groups -OCH3 is 2. The van der Waals surface area contributed by atoms with Crippen molar-refractivity contribution in [1.82, 2.24) is 0 Å². The first-order chi connectivity index (χ1) is 13.4. The van der Waals surface area contributed by atoms with Crippen LogP contribution in [0.5, 0.6) is 11.5 Å². The van der Waals surface area contributed by atoms with Gasteiger partial charge in [-0.15, -0.1) is 0 Å². The van der Waals surface area contributed by atoms with Crippen LogP contribution in [-0.4, -0.2) is 14.2 Å². The van der Waals surface area contributed by atoms with Gasteiger partial charge in [-0.05, 0) is 49.3 Å². The fourth-order valence-corrected chi connectivity index (χ4v) is 3.77. The first-order valence-corrected chi connectivity index (χ1v) is 10.3. The minimum Gasteiger partial charge on any atom is -0.495 e. The number of halogens is 1. The molecular weight excluding hydrogens is 390 g/mol. The number of benzene rings is 1. The lowest BCUT2D eigenvalue weighted by Gasteiger charge is -2.18. The molecule has 28 heavy (non-hydrogen) atoms. The van der Waals surface area contributed by atoms with E-state index in [0.29, 0.717) is 16.5 Å². The van der Waals surface area contributed by atoms with Crippen molar-refractivity contribution in [3.05, 3.63) is 75.2 Å². The van der Waals surface area contributed by atoms with Gasteiger partial charge >= 0.3 is 0 Å². The van der Waals surface area contributed by atoms with Gasteiger partial charge in [-0.1, -0.05) is 67.2 Å². The lowest BCUT2D eigenvalue weighted by atomic mass is 10.1. The molecule has 0 fully saturated rings. The first kappa shape index (κ1) is 24.0. The summed E-state index contributed by atoms with van der Waals surface area (Å²) in [7, 11) is 3.21. The lowest BCUT2D eigenvalue weighted by Crippen LogP contribution is -2.01. The minimum atomic E-state index is 0.526. The Labute approximate surface area is 178 Å². The van der Waals surface area contributed by atoms with Crippen molar-refractivity contribution in [1.29, 1.82) is 0 Å². The summed E-state index contributed by atoms with van der Waals surface area (Å²) in [4.78, 5) is 1.27. The number of hydrogen-bond acceptors (Lipinski definition) is 4. The number of allylic oxidation sites excluding steroid dienone is 8. The number of nitrogens with one attached hydrogen (secondary N) is 1. The summed E-state index contributed by atoms with van der Waals surface area (Å²) in [5.41, 5.74) is 3.17. The van der Waals surface area contributed by atoms with E-state index in [-0.39, 0.29) is 0 Å². The molecule has 0 aromatic heterocycles. The summed E-state index contributed by atoms with van der Waals surface area (Å²) in [5, 5.41) is 4.95. The van der Waals surface area contributed by atoms with Crippen LogP contribution in [-0.2, 0) is 0 Å². The van der Waals surface area contributed by atoms with Gasteiger partial charge in [-0.25, -0.2) is 0 Å². The number of anilines is 1. The molecule has 0 saturated heterocycles. The minimum absolute atomic E-state index is 0.526. The van der Waals surface area contributed by atoms with Crippen LogP contribution >= 0.6 is 23.4 Å². The van der Waals surface area contributed by atoms with Crippen molar-refractivity contribution in [2.45, 2.75) is 34.1 Å². The number of rotatable bonds is 10. The molecule has 0 bridgehead atoms. The van der Waals surface area contributed by atoms with E-state index in [4.69, 9.17) is 21.1 Å². The monoisotopic (exact) mass is 419 g/mol. The SMILES string of the molecule is C=C/C=C(\C=C/C)C(/C)=C(\CC)S/C(=C\C)Nc1cc(Cl)c(OC)cc1OC. The van der Waals surface area contributed by atoms with Crippen LogP contribution in [0.4, 0.5) is 5.69 Å². The molecule has 1 N–H and O–H groups in total. The molecule has 3 nitrogen and oxygen atoms in total. The molecule has 1 aromatic rings. The molecule has 1 aromatic carbocycles. The predicted octanol–water partition coefficient (Wildman–Crippen LogP) is 7.74. The van der Waals surface area contributed by atoms with Gasteiger partial charge in [-0.2, -0.15) is 0 Å². The zero-order valence-corrected chi connectivity index (χ0v) is 19.1. The normalized spacial score (nSPS) is 13.4. The van der Waals surface area contributed by atoms with E-state index in [9.17, 15) is 0 Å². The highest BCUT2D eigenvalue weighted by Crippen LogP contribution is 2.39. The van der Waals surface area contributed by atoms with Gasteiger partial charge < -0.3 is 14.8 Å². The van der Waals surface area contributed by atoms with Gasteiger partial charge in [0.2, 0.25) is 0 Å². The maximum Gasteiger partial charge on any atom is 0.146 e. The van der Waals surface area contributed by atoms with E-state index in [1.807, 2.05) is 44.2 Å². The summed E-state index contributed by atoms with van der Waals surface area (Å²) in [6, 6.07) is 3.59. The molecule has 0 amide bonds. The number of thioether (sulfide) groups is 1. The fraction of sp³-hybridized carbons (Fsp3) is 0.304. The molecular formula is C23H30ClNO2S. The second-order valence-electron chi connectivity index (χ2n) is 5.83. The molecule has 0 saturated carbocycles. The largest absolute Gasteiger partial charge is 0.495 e. The van der Waals surface area contributed by atoms with Gasteiger partial charge in [0.25, 0.3) is 0 Å². The zero-order chi connectivity index (χ0) is 21.1. The Hall–Kier alpha value is -2.04. The Morgan fingerprint density at radius 3 is 2.39 bits per heavy atom. The summed E-state index contributed by atoms with van der Waals surface area (Å²) in [6.07, 6.45) is 10.9. The fourth-order valence-electron chi connectivity index (χ4n) is 2.57. The second-order valence-corrected chi connectivity index (χ2v) is 7.37. The van der Waals surface area contributed by atoms with E-state index in [0.717, 1.165) is 22.7 Å². The van der Waals surface area contributed by atoms with Crippen LogP contribution in [0.25, 0.3) is 0 Å². The molecule has 152 valence electrons. The van der Waals surface area contributed by atoms with E-state index >= 15 is 0 Å². The third-order valence-electron chi connectivity index (χ3n) is 4.04. The maximum atomic E-state index is 6.30. The smallest absolute Gasteiger partial charge is 0.146 e. The standard InChI is InChI=1S/C23H30ClNO2S/c1-8-12-17(13-9-2)16(5)22(10-3)28-23(11-4)25-19-14-18(24)20(26-6)15-21(19)27-7/h8-9,11-15,25H,1,10H2,2-7H3/b13-9-,17-12+,22-16+,23-11-. The molecule has 0 aliphatic carbocycles. The van der Waals surface area contributed by atoms with E-state index in [2.05, 4.69) is 31.8 Å². The van der Waals surface area contributed by atoms with Crippen LogP contribution < -0.4 is 14.8 Å². The molecule has 0 unspecified atom stereocenters. The topological polar surface area (TPSA) is 30.5 Å². The first-order valence-electron chi connectivity index (χ1n) is 9.13. The van der Waals surface area contributed by atoms with Crippen LogP contribution in [0.1, 0.15) is 34.1 Å². The summed E-state index contributed by atoms with van der Waals surface area (Å²) in [5.74, 6) is 1.25. The van der Waals surface area contributed by atoms with Crippen molar-refractivity contribution in [2.75, 3.05) is 19.5 Å². The molecule has 0 heterocycles. The van der Waals surface area contributed by atoms with Crippen molar-refractivity contribution in [2.24, 2.45) is 0 Å². The maximum absolute atomic E-state index is 6.30. The van der Waals surface area contributed by atoms with Crippen molar-refractivity contribution >= 4 is 29.1 Å². The van der Waals surface area contributed by atoms with E-state index in [1.165, 1.54) is 10.5 Å². The Morgan fingerprint density at radius 2 is 1.89 bits per heavy atom. The van der Waals surface area contributed by atoms with E-state index < -0.39 is 0 Å². The zero-order valence-electron chi connectivity index (χ0n) is 17.6. The van der Waals surface area contributed by atoms with Crippen molar-refractivity contribution in [3.8, 4) is 11.5 Å². The van der Waals surface area contributed by atoms with Crippen LogP contribution in [0.15, 0.2) is 70.2 Å². The van der Waals surface area contributed by atoms with Crippen LogP contribution in [0.3, 0.4) is 0 Å². The molecule has 0 aliphatic rings. The lowest BCUT2D eigenvalue weighted by molar-refractivity contribution is 0.396. The summed E-state index contributed by atoms with van der Waals surface area (Å²) >= 11 is 8.00. The molecule has 1 rings (SSSR count). The molecule has 0 aliphatic heterocycles. The van der Waals surface area contributed by atoms with Gasteiger partial charge in [0.1, 0.15) is 11.5 Å². The predicted molar refractivity (Wildman–Crippen MR) is 126 cm³/mol. The highest BCUT2D eigenvalue weighted by Gasteiger charge is 2.13. The van der Waals surface area contributed by atoms with Gasteiger partial charge in [-0.3, -0.25) is 0 Å². The second kappa shape index (κ2) is 12.4. The summed E-state index contributed by atoms with van der Waals surface area (Å²) in [6.45, 7) is 12.1. The Kier molecular flexibility index (Phi) is 10.6. The molecule has 5 heteroatoms. The van der Waals surface area contributed by atoms with Gasteiger partial charge in [0.15, 0.2) is 0 Å². The Morgan fingerprint density at radius 1 is 1.21 bits per heavy atom. The van der Waals surface area contributed by atoms with Gasteiger partial charge in [0, 0.05) is 6.07 Å². The summed E-state index contributed by atoms with van der Waals surface area (Å²) < 4.78 is 10.8. The third-order valence-corrected chi connectivity index (χ3v) is 5.74. The quantitative estimate of drug-likeness (QED) is 0.393. The average molecular weight is 420 g/mol. The average Bonchev–Trinajstić information content (AvgIpc) is 2.70. The Balaban J connectivity index is 3.22. The van der Waals surface area contributed by atoms with Crippen molar-refractivity contribution in [3.63, 3.8) is 0 Å². The van der Waals surface area contributed by atoms with Crippen LogP contribution in [0.2, 0.25) is 5.02 Å². The van der Waals surface area contributed by atoms with Gasteiger partial charge in [0.05, 0.1) is 30.0 Å². The molecule has 0 spiro atoms. The van der Waals surface area contributed by atoms with Crippen LogP contribution in [0, 0.1) is 0 Å². The molecule has 0 radical (unpaired) electrons. The number of hydrogen-bond donors (Lipinski definition) is 1. The highest BCUT2D eigenvalue weighted by molar-refractivity contribution is 8.06. The van der Waals surface area contributed by atoms with E-state index in [1.54, 1.807) is 32.0 Å². The van der Waals surface area contributed by atoms with Crippen molar-refractivity contribution < 1.29 is 9.47 Å². The third kappa shape index (κ3) is 6.54.